The molecule has 206 valence electrons. The number of rotatable bonds is 11. The van der Waals surface area contributed by atoms with Crippen molar-refractivity contribution in [1.82, 2.24) is 0 Å². The number of benzene rings is 4. The van der Waals surface area contributed by atoms with Crippen LogP contribution in [0, 0.1) is 0 Å². The number of aromatic hydroxyl groups is 1. The molecule has 0 saturated carbocycles. The summed E-state index contributed by atoms with van der Waals surface area (Å²) in [4.78, 5) is 23.2. The minimum atomic E-state index is -0.247. The summed E-state index contributed by atoms with van der Waals surface area (Å²) in [5.41, 5.74) is 1.85. The first kappa shape index (κ1) is 29.5. The van der Waals surface area contributed by atoms with E-state index >= 15 is 0 Å². The Hall–Kier alpha value is -4.06. The van der Waals surface area contributed by atoms with Crippen molar-refractivity contribution in [3.05, 3.63) is 83.9 Å². The lowest BCUT2D eigenvalue weighted by Crippen LogP contribution is -2.07. The Morgan fingerprint density at radius 2 is 1.26 bits per heavy atom. The van der Waals surface area contributed by atoms with Crippen LogP contribution in [0.5, 0.6) is 11.5 Å². The van der Waals surface area contributed by atoms with E-state index in [1.807, 2.05) is 67.6 Å². The summed E-state index contributed by atoms with van der Waals surface area (Å²) in [7, 11) is 0. The molecule has 6 heteroatoms. The summed E-state index contributed by atoms with van der Waals surface area (Å²) in [6.45, 7) is 7.32. The Bertz CT molecular complexity index is 1380. The van der Waals surface area contributed by atoms with Gasteiger partial charge in [-0.3, -0.25) is 9.59 Å². The Labute approximate surface area is 230 Å². The zero-order chi connectivity index (χ0) is 28.0. The topological polar surface area (TPSA) is 82.1 Å². The van der Waals surface area contributed by atoms with Crippen molar-refractivity contribution in [1.29, 1.82) is 0 Å². The number of fused-ring (bicyclic) bond motifs is 2. The second-order valence-corrected chi connectivity index (χ2v) is 9.14. The van der Waals surface area contributed by atoms with E-state index < -0.39 is 0 Å². The highest BCUT2D eigenvalue weighted by Crippen LogP contribution is 2.26. The van der Waals surface area contributed by atoms with Crippen molar-refractivity contribution in [3.63, 3.8) is 0 Å². The van der Waals surface area contributed by atoms with Gasteiger partial charge >= 0.3 is 11.9 Å². The minimum Gasteiger partial charge on any atom is -0.508 e. The number of phenolic OH excluding ortho intramolecular Hbond substituents is 1. The molecule has 0 spiro atoms. The third kappa shape index (κ3) is 9.02. The molecule has 4 aromatic carbocycles. The summed E-state index contributed by atoms with van der Waals surface area (Å²) < 4.78 is 15.8. The zero-order valence-electron chi connectivity index (χ0n) is 23.1. The first-order valence-corrected chi connectivity index (χ1v) is 13.6. The number of esters is 2. The molecule has 0 atom stereocenters. The molecule has 0 radical (unpaired) electrons. The first-order valence-electron chi connectivity index (χ1n) is 13.6. The van der Waals surface area contributed by atoms with Crippen molar-refractivity contribution in [2.45, 2.75) is 52.9 Å². The van der Waals surface area contributed by atoms with Crippen LogP contribution in [0.2, 0.25) is 0 Å². The van der Waals surface area contributed by atoms with E-state index in [9.17, 15) is 14.7 Å². The molecule has 0 unspecified atom stereocenters. The Morgan fingerprint density at radius 1 is 0.692 bits per heavy atom. The molecule has 4 aromatic rings. The van der Waals surface area contributed by atoms with Gasteiger partial charge in [-0.25, -0.2) is 0 Å². The standard InChI is InChI=1S/C19H24O3.C14H14O3/c1-3-5-6-12-22-17-11-10-15-8-7-9-16(18(15)14-17)13-19(20)21-4-2;1-2-17-14(16)8-11-5-3-4-10-6-7-12(15)9-13(10)11/h7-11,14H,3-6,12-13H2,1-2H3;3-7,9,15H,2,8H2,1H3. The van der Waals surface area contributed by atoms with Crippen LogP contribution in [0.4, 0.5) is 0 Å². The molecule has 0 heterocycles. The van der Waals surface area contributed by atoms with Crippen molar-refractivity contribution >= 4 is 33.5 Å². The van der Waals surface area contributed by atoms with E-state index in [0.717, 1.165) is 51.4 Å². The van der Waals surface area contributed by atoms with Crippen LogP contribution >= 0.6 is 0 Å². The largest absolute Gasteiger partial charge is 0.508 e. The number of carbonyl (C=O) groups is 2. The van der Waals surface area contributed by atoms with Gasteiger partial charge in [0.1, 0.15) is 11.5 Å². The van der Waals surface area contributed by atoms with Crippen molar-refractivity contribution in [3.8, 4) is 11.5 Å². The molecule has 0 fully saturated rings. The highest BCUT2D eigenvalue weighted by Gasteiger charge is 2.09. The van der Waals surface area contributed by atoms with Gasteiger partial charge in [-0.05, 0) is 77.2 Å². The van der Waals surface area contributed by atoms with Crippen LogP contribution in [0.15, 0.2) is 72.8 Å². The molecule has 6 nitrogen and oxygen atoms in total. The molecule has 0 bridgehead atoms. The molecular weight excluding hydrogens is 492 g/mol. The van der Waals surface area contributed by atoms with Crippen molar-refractivity contribution in [2.75, 3.05) is 19.8 Å². The molecule has 0 aliphatic heterocycles. The van der Waals surface area contributed by atoms with Gasteiger partial charge in [0.05, 0.1) is 32.7 Å². The van der Waals surface area contributed by atoms with E-state index in [2.05, 4.69) is 6.92 Å². The fourth-order valence-electron chi connectivity index (χ4n) is 4.32. The number of hydrogen-bond acceptors (Lipinski definition) is 6. The zero-order valence-corrected chi connectivity index (χ0v) is 23.1. The number of hydrogen-bond donors (Lipinski definition) is 1. The number of phenols is 1. The predicted octanol–water partition coefficient (Wildman–Crippen LogP) is 7.17. The summed E-state index contributed by atoms with van der Waals surface area (Å²) >= 11 is 0. The maximum absolute atomic E-state index is 11.7. The summed E-state index contributed by atoms with van der Waals surface area (Å²) in [6, 6.07) is 22.9. The fourth-order valence-corrected chi connectivity index (χ4v) is 4.32. The van der Waals surface area contributed by atoms with Gasteiger partial charge in [0.25, 0.3) is 0 Å². The van der Waals surface area contributed by atoms with E-state index in [-0.39, 0.29) is 24.1 Å². The molecular formula is C33H38O6. The highest BCUT2D eigenvalue weighted by molar-refractivity contribution is 5.91. The average Bonchev–Trinajstić information content (AvgIpc) is 2.92. The molecule has 0 amide bonds. The van der Waals surface area contributed by atoms with Gasteiger partial charge in [0.15, 0.2) is 0 Å². The van der Waals surface area contributed by atoms with Crippen LogP contribution in [0.3, 0.4) is 0 Å². The van der Waals surface area contributed by atoms with Gasteiger partial charge in [-0.15, -0.1) is 0 Å². The number of carbonyl (C=O) groups excluding carboxylic acids is 2. The third-order valence-corrected chi connectivity index (χ3v) is 6.20. The SMILES string of the molecule is CCCCCOc1ccc2cccc(CC(=O)OCC)c2c1.CCOC(=O)Cc1cccc2ccc(O)cc12. The quantitative estimate of drug-likeness (QED) is 0.164. The van der Waals surface area contributed by atoms with Gasteiger partial charge in [-0.1, -0.05) is 68.3 Å². The maximum atomic E-state index is 11.7. The lowest BCUT2D eigenvalue weighted by Gasteiger charge is -2.10. The number of ether oxygens (including phenoxy) is 3. The monoisotopic (exact) mass is 530 g/mol. The average molecular weight is 531 g/mol. The van der Waals surface area contributed by atoms with Crippen LogP contribution in [0.1, 0.15) is 51.2 Å². The number of unbranched alkanes of at least 4 members (excludes halogenated alkanes) is 2. The van der Waals surface area contributed by atoms with E-state index in [1.54, 1.807) is 19.1 Å². The smallest absolute Gasteiger partial charge is 0.310 e. The first-order chi connectivity index (χ1) is 18.9. The van der Waals surface area contributed by atoms with Gasteiger partial charge in [0.2, 0.25) is 0 Å². The maximum Gasteiger partial charge on any atom is 0.310 e. The minimum absolute atomic E-state index is 0.190. The normalized spacial score (nSPS) is 10.5. The van der Waals surface area contributed by atoms with E-state index in [4.69, 9.17) is 14.2 Å². The Kier molecular flexibility index (Phi) is 11.6. The summed E-state index contributed by atoms with van der Waals surface area (Å²) in [5, 5.41) is 13.5. The molecule has 0 aliphatic rings. The van der Waals surface area contributed by atoms with Crippen LogP contribution in [-0.2, 0) is 31.9 Å². The molecule has 0 aliphatic carbocycles. The lowest BCUT2D eigenvalue weighted by atomic mass is 10.0. The second-order valence-electron chi connectivity index (χ2n) is 9.14. The van der Waals surface area contributed by atoms with Crippen LogP contribution < -0.4 is 4.74 Å². The predicted molar refractivity (Wildman–Crippen MR) is 155 cm³/mol. The summed E-state index contributed by atoms with van der Waals surface area (Å²) in [5.74, 6) is 0.626. The van der Waals surface area contributed by atoms with E-state index in [0.29, 0.717) is 19.6 Å². The highest BCUT2D eigenvalue weighted by atomic mass is 16.5. The third-order valence-electron chi connectivity index (χ3n) is 6.20. The molecule has 0 aromatic heterocycles. The Balaban J connectivity index is 0.000000223. The lowest BCUT2D eigenvalue weighted by molar-refractivity contribution is -0.143. The molecule has 39 heavy (non-hydrogen) atoms. The van der Waals surface area contributed by atoms with Gasteiger partial charge in [-0.2, -0.15) is 0 Å². The Morgan fingerprint density at radius 3 is 1.82 bits per heavy atom. The van der Waals surface area contributed by atoms with Crippen LogP contribution in [0.25, 0.3) is 21.5 Å². The fraction of sp³-hybridized carbons (Fsp3) is 0.333. The van der Waals surface area contributed by atoms with Gasteiger partial charge in [0, 0.05) is 0 Å². The molecule has 1 N–H and O–H groups in total. The van der Waals surface area contributed by atoms with Crippen molar-refractivity contribution < 1.29 is 28.9 Å². The van der Waals surface area contributed by atoms with Crippen LogP contribution in [-0.4, -0.2) is 36.9 Å². The molecule has 4 rings (SSSR count). The second kappa shape index (κ2) is 15.4. The van der Waals surface area contributed by atoms with E-state index in [1.165, 1.54) is 12.8 Å². The van der Waals surface area contributed by atoms with Gasteiger partial charge < -0.3 is 19.3 Å². The summed E-state index contributed by atoms with van der Waals surface area (Å²) in [6.07, 6.45) is 3.96. The molecule has 0 saturated heterocycles. The van der Waals surface area contributed by atoms with Crippen molar-refractivity contribution in [2.24, 2.45) is 0 Å².